The van der Waals surface area contributed by atoms with Gasteiger partial charge in [-0.3, -0.25) is 4.79 Å². The summed E-state index contributed by atoms with van der Waals surface area (Å²) < 4.78 is 1.79. The lowest BCUT2D eigenvalue weighted by Gasteiger charge is -2.13. The lowest BCUT2D eigenvalue weighted by atomic mass is 10.2. The maximum Gasteiger partial charge on any atom is 0.282 e. The minimum absolute atomic E-state index is 0.155. The summed E-state index contributed by atoms with van der Waals surface area (Å²) in [6.45, 7) is 0.640. The Hall–Kier alpha value is -1.82. The fraction of sp³-hybridized carbons (Fsp3) is 0.286. The molecule has 2 aromatic rings. The molecule has 2 rings (SSSR count). The minimum Gasteiger partial charge on any atom is -0.379 e. The molecule has 0 aliphatic carbocycles. The molecule has 5 nitrogen and oxygen atoms in total. The van der Waals surface area contributed by atoms with Crippen LogP contribution in [0.4, 0.5) is 11.4 Å². The van der Waals surface area contributed by atoms with Crippen molar-refractivity contribution in [3.05, 3.63) is 50.9 Å². The van der Waals surface area contributed by atoms with Crippen LogP contribution < -0.4 is 15.8 Å². The van der Waals surface area contributed by atoms with Gasteiger partial charge in [-0.15, -0.1) is 0 Å². The molecule has 0 aliphatic rings. The van der Waals surface area contributed by atoms with Crippen LogP contribution in [0.5, 0.6) is 0 Å². The predicted molar refractivity (Wildman–Crippen MR) is 85.3 cm³/mol. The number of halogens is 1. The molecule has 0 radical (unpaired) electrons. The van der Waals surface area contributed by atoms with Crippen molar-refractivity contribution in [3.8, 4) is 0 Å². The van der Waals surface area contributed by atoms with E-state index in [2.05, 4.69) is 55.5 Å². The molecule has 1 heterocycles. The first-order chi connectivity index (χ1) is 9.49. The molecule has 1 N–H and O–H groups in total. The first-order valence-electron chi connectivity index (χ1n) is 6.21. The number of rotatable bonds is 4. The van der Waals surface area contributed by atoms with E-state index >= 15 is 0 Å². The van der Waals surface area contributed by atoms with E-state index in [0.29, 0.717) is 16.7 Å². The molecule has 0 spiro atoms. The van der Waals surface area contributed by atoms with Gasteiger partial charge in [-0.1, -0.05) is 12.1 Å². The molecule has 1 aromatic heterocycles. The lowest BCUT2D eigenvalue weighted by Crippen LogP contribution is -2.21. The SMILES string of the molecule is CN(C)c1ccc(CNc2cnn(C)c(=O)c2Br)cc1. The van der Waals surface area contributed by atoms with Crippen molar-refractivity contribution < 1.29 is 0 Å². The zero-order valence-electron chi connectivity index (χ0n) is 11.7. The average molecular weight is 337 g/mol. The molecular weight excluding hydrogens is 320 g/mol. The quantitative estimate of drug-likeness (QED) is 0.930. The van der Waals surface area contributed by atoms with E-state index in [1.807, 2.05) is 14.1 Å². The molecule has 0 amide bonds. The molecule has 20 heavy (non-hydrogen) atoms. The third-order valence-corrected chi connectivity index (χ3v) is 3.78. The second-order valence-electron chi connectivity index (χ2n) is 4.72. The van der Waals surface area contributed by atoms with E-state index in [1.54, 1.807) is 13.2 Å². The second-order valence-corrected chi connectivity index (χ2v) is 5.51. The number of hydrogen-bond acceptors (Lipinski definition) is 4. The van der Waals surface area contributed by atoms with Crippen LogP contribution in [0.2, 0.25) is 0 Å². The van der Waals surface area contributed by atoms with Crippen LogP contribution in [0.25, 0.3) is 0 Å². The van der Waals surface area contributed by atoms with Gasteiger partial charge < -0.3 is 10.2 Å². The number of hydrogen-bond donors (Lipinski definition) is 1. The maximum absolute atomic E-state index is 11.7. The zero-order chi connectivity index (χ0) is 14.7. The predicted octanol–water partition coefficient (Wildman–Crippen LogP) is 2.22. The van der Waals surface area contributed by atoms with Gasteiger partial charge in [0.2, 0.25) is 0 Å². The smallest absolute Gasteiger partial charge is 0.282 e. The highest BCUT2D eigenvalue weighted by Gasteiger charge is 2.06. The zero-order valence-corrected chi connectivity index (χ0v) is 13.3. The fourth-order valence-electron chi connectivity index (χ4n) is 1.74. The van der Waals surface area contributed by atoms with Gasteiger partial charge in [0.05, 0.1) is 11.9 Å². The number of aryl methyl sites for hydroxylation is 1. The van der Waals surface area contributed by atoms with E-state index in [1.165, 1.54) is 4.68 Å². The van der Waals surface area contributed by atoms with Crippen molar-refractivity contribution in [3.63, 3.8) is 0 Å². The van der Waals surface area contributed by atoms with Crippen LogP contribution in [0.3, 0.4) is 0 Å². The summed E-state index contributed by atoms with van der Waals surface area (Å²) in [5.74, 6) is 0. The Morgan fingerprint density at radius 1 is 1.30 bits per heavy atom. The fourth-order valence-corrected chi connectivity index (χ4v) is 2.24. The van der Waals surface area contributed by atoms with Gasteiger partial charge in [0.15, 0.2) is 0 Å². The van der Waals surface area contributed by atoms with Crippen molar-refractivity contribution in [2.75, 3.05) is 24.3 Å². The summed E-state index contributed by atoms with van der Waals surface area (Å²) >= 11 is 3.29. The van der Waals surface area contributed by atoms with Gasteiger partial charge in [-0.05, 0) is 33.6 Å². The standard InChI is InChI=1S/C14H17BrN4O/c1-18(2)11-6-4-10(5-7-11)8-16-12-9-17-19(3)14(20)13(12)15/h4-7,9,16H,8H2,1-3H3. The number of nitrogens with one attached hydrogen (secondary N) is 1. The van der Waals surface area contributed by atoms with Gasteiger partial charge in [0.1, 0.15) is 4.47 Å². The number of nitrogens with zero attached hydrogens (tertiary/aromatic N) is 3. The molecule has 6 heteroatoms. The van der Waals surface area contributed by atoms with E-state index < -0.39 is 0 Å². The van der Waals surface area contributed by atoms with Crippen molar-refractivity contribution in [2.24, 2.45) is 7.05 Å². The van der Waals surface area contributed by atoms with Gasteiger partial charge in [0.25, 0.3) is 5.56 Å². The summed E-state index contributed by atoms with van der Waals surface area (Å²) in [6, 6.07) is 8.25. The number of benzene rings is 1. The summed E-state index contributed by atoms with van der Waals surface area (Å²) in [4.78, 5) is 13.8. The Balaban J connectivity index is 2.09. The highest BCUT2D eigenvalue weighted by atomic mass is 79.9. The highest BCUT2D eigenvalue weighted by molar-refractivity contribution is 9.10. The van der Waals surface area contributed by atoms with E-state index in [4.69, 9.17) is 0 Å². The normalized spacial score (nSPS) is 10.4. The van der Waals surface area contributed by atoms with Crippen molar-refractivity contribution >= 4 is 27.3 Å². The van der Waals surface area contributed by atoms with E-state index in [9.17, 15) is 4.79 Å². The third kappa shape index (κ3) is 3.19. The van der Waals surface area contributed by atoms with E-state index in [0.717, 1.165) is 11.3 Å². The summed E-state index contributed by atoms with van der Waals surface area (Å²) in [6.07, 6.45) is 1.64. The topological polar surface area (TPSA) is 50.2 Å². The molecule has 0 saturated heterocycles. The molecule has 0 fully saturated rings. The molecule has 0 saturated carbocycles. The minimum atomic E-state index is -0.155. The summed E-state index contributed by atoms with van der Waals surface area (Å²) in [5, 5.41) is 7.20. The van der Waals surface area contributed by atoms with Gasteiger partial charge >= 0.3 is 0 Å². The first kappa shape index (κ1) is 14.6. The van der Waals surface area contributed by atoms with Crippen LogP contribution in [0, 0.1) is 0 Å². The van der Waals surface area contributed by atoms with Crippen LogP contribution in [-0.4, -0.2) is 23.9 Å². The molecule has 0 atom stereocenters. The monoisotopic (exact) mass is 336 g/mol. The Morgan fingerprint density at radius 3 is 2.55 bits per heavy atom. The molecule has 106 valence electrons. The average Bonchev–Trinajstić information content (AvgIpc) is 2.44. The Bertz CT molecular complexity index is 649. The highest BCUT2D eigenvalue weighted by Crippen LogP contribution is 2.18. The van der Waals surface area contributed by atoms with Gasteiger partial charge in [-0.25, -0.2) is 4.68 Å². The maximum atomic E-state index is 11.7. The summed E-state index contributed by atoms with van der Waals surface area (Å²) in [5.41, 5.74) is 2.84. The largest absolute Gasteiger partial charge is 0.379 e. The van der Waals surface area contributed by atoms with Crippen molar-refractivity contribution in [1.29, 1.82) is 0 Å². The lowest BCUT2D eigenvalue weighted by molar-refractivity contribution is 0.703. The first-order valence-corrected chi connectivity index (χ1v) is 7.00. The third-order valence-electron chi connectivity index (χ3n) is 3.01. The number of aromatic nitrogens is 2. The Kier molecular flexibility index (Phi) is 4.44. The molecule has 0 bridgehead atoms. The van der Waals surface area contributed by atoms with Gasteiger partial charge in [0, 0.05) is 33.4 Å². The Morgan fingerprint density at radius 2 is 1.95 bits per heavy atom. The molecule has 1 aromatic carbocycles. The van der Waals surface area contributed by atoms with Gasteiger partial charge in [-0.2, -0.15) is 5.10 Å². The Labute approximate surface area is 126 Å². The molecule has 0 unspecified atom stereocenters. The van der Waals surface area contributed by atoms with Crippen molar-refractivity contribution in [1.82, 2.24) is 9.78 Å². The van der Waals surface area contributed by atoms with Crippen LogP contribution in [0.15, 0.2) is 39.7 Å². The molecule has 0 aliphatic heterocycles. The van der Waals surface area contributed by atoms with Crippen molar-refractivity contribution in [2.45, 2.75) is 6.54 Å². The van der Waals surface area contributed by atoms with Crippen LogP contribution in [-0.2, 0) is 13.6 Å². The number of anilines is 2. The summed E-state index contributed by atoms with van der Waals surface area (Å²) in [7, 11) is 5.64. The van der Waals surface area contributed by atoms with E-state index in [-0.39, 0.29) is 5.56 Å². The van der Waals surface area contributed by atoms with Crippen LogP contribution in [0.1, 0.15) is 5.56 Å². The van der Waals surface area contributed by atoms with Crippen LogP contribution >= 0.6 is 15.9 Å². The molecular formula is C14H17BrN4O. The second kappa shape index (κ2) is 6.09.